The van der Waals surface area contributed by atoms with Gasteiger partial charge < -0.3 is 0 Å². The number of unbranched alkanes of at least 4 members (excludes halogenated alkanes) is 1. The van der Waals surface area contributed by atoms with Gasteiger partial charge in [-0.15, -0.1) is 0 Å². The van der Waals surface area contributed by atoms with E-state index in [-0.39, 0.29) is 0 Å². The molecular weight excluding hydrogens is 288 g/mol. The molecule has 146 valence electrons. The lowest BCUT2D eigenvalue weighted by Crippen LogP contribution is -2.16. The Morgan fingerprint density at radius 3 is 1.29 bits per heavy atom. The van der Waals surface area contributed by atoms with E-state index >= 15 is 0 Å². The molecule has 5 unspecified atom stereocenters. The molecule has 0 bridgehead atoms. The van der Waals surface area contributed by atoms with Crippen LogP contribution in [-0.2, 0) is 0 Å². The van der Waals surface area contributed by atoms with E-state index in [2.05, 4.69) is 48.5 Å². The van der Waals surface area contributed by atoms with Crippen molar-refractivity contribution in [1.82, 2.24) is 0 Å². The average Bonchev–Trinajstić information content (AvgIpc) is 2.61. The second-order valence-corrected chi connectivity index (χ2v) is 8.70. The van der Waals surface area contributed by atoms with Crippen LogP contribution in [-0.4, -0.2) is 0 Å². The SMILES string of the molecule is CCCCC(CC)CC(CC)CC(CC)CC(CC)CC(C)CC. The third-order valence-electron chi connectivity index (χ3n) is 6.71. The Balaban J connectivity index is 4.51. The largest absolute Gasteiger partial charge is 0.0654 e. The van der Waals surface area contributed by atoms with Crippen LogP contribution in [0.3, 0.4) is 0 Å². The maximum Gasteiger partial charge on any atom is -0.0412 e. The van der Waals surface area contributed by atoms with Gasteiger partial charge in [0.1, 0.15) is 0 Å². The lowest BCUT2D eigenvalue weighted by atomic mass is 9.77. The minimum atomic E-state index is 0.910. The van der Waals surface area contributed by atoms with Crippen LogP contribution in [0.25, 0.3) is 0 Å². The van der Waals surface area contributed by atoms with Gasteiger partial charge in [0.2, 0.25) is 0 Å². The van der Waals surface area contributed by atoms with Crippen LogP contribution >= 0.6 is 0 Å². The quantitative estimate of drug-likeness (QED) is 0.263. The summed E-state index contributed by atoms with van der Waals surface area (Å²) in [5, 5.41) is 0. The molecule has 0 nitrogen and oxygen atoms in total. The zero-order valence-corrected chi connectivity index (χ0v) is 18.4. The van der Waals surface area contributed by atoms with Crippen molar-refractivity contribution >= 4 is 0 Å². The van der Waals surface area contributed by atoms with Gasteiger partial charge in [0.25, 0.3) is 0 Å². The molecule has 24 heavy (non-hydrogen) atoms. The normalized spacial score (nSPS) is 18.1. The van der Waals surface area contributed by atoms with Crippen molar-refractivity contribution in [2.75, 3.05) is 0 Å². The Morgan fingerprint density at radius 1 is 0.500 bits per heavy atom. The summed E-state index contributed by atoms with van der Waals surface area (Å²) in [4.78, 5) is 0. The van der Waals surface area contributed by atoms with Crippen molar-refractivity contribution in [2.45, 2.75) is 126 Å². The van der Waals surface area contributed by atoms with E-state index in [4.69, 9.17) is 0 Å². The average molecular weight is 339 g/mol. The fourth-order valence-corrected chi connectivity index (χ4v) is 4.42. The molecule has 0 aromatic heterocycles. The molecular formula is C24H50. The zero-order chi connectivity index (χ0) is 18.4. The molecule has 0 amide bonds. The fraction of sp³-hybridized carbons (Fsp3) is 1.00. The van der Waals surface area contributed by atoms with E-state index in [9.17, 15) is 0 Å². The molecule has 0 saturated carbocycles. The van der Waals surface area contributed by atoms with Crippen LogP contribution in [0.15, 0.2) is 0 Å². The van der Waals surface area contributed by atoms with Gasteiger partial charge in [-0.05, 0) is 55.3 Å². The summed E-state index contributed by atoms with van der Waals surface area (Å²) in [6.07, 6.45) is 17.1. The molecule has 0 aliphatic rings. The van der Waals surface area contributed by atoms with Crippen molar-refractivity contribution in [2.24, 2.45) is 29.6 Å². The molecule has 0 N–H and O–H groups in total. The molecule has 0 aromatic carbocycles. The highest BCUT2D eigenvalue weighted by molar-refractivity contribution is 4.73. The molecule has 0 aliphatic heterocycles. The predicted molar refractivity (Wildman–Crippen MR) is 113 cm³/mol. The molecule has 0 radical (unpaired) electrons. The summed E-state index contributed by atoms with van der Waals surface area (Å²) < 4.78 is 0. The van der Waals surface area contributed by atoms with E-state index in [0.29, 0.717) is 0 Å². The van der Waals surface area contributed by atoms with Crippen LogP contribution in [0.2, 0.25) is 0 Å². The minimum Gasteiger partial charge on any atom is -0.0654 e. The molecule has 0 aromatic rings. The third-order valence-corrected chi connectivity index (χ3v) is 6.71. The molecule has 0 heterocycles. The third kappa shape index (κ3) is 10.8. The Kier molecular flexibility index (Phi) is 15.3. The van der Waals surface area contributed by atoms with Crippen LogP contribution in [0.4, 0.5) is 0 Å². The van der Waals surface area contributed by atoms with Gasteiger partial charge in [-0.2, -0.15) is 0 Å². The summed E-state index contributed by atoms with van der Waals surface area (Å²) in [6.45, 7) is 16.8. The van der Waals surface area contributed by atoms with E-state index in [1.807, 2.05) is 0 Å². The van der Waals surface area contributed by atoms with E-state index in [1.165, 1.54) is 77.0 Å². The highest BCUT2D eigenvalue weighted by Crippen LogP contribution is 2.33. The molecule has 0 saturated heterocycles. The molecule has 0 aliphatic carbocycles. The lowest BCUT2D eigenvalue weighted by molar-refractivity contribution is 0.231. The molecule has 0 fully saturated rings. The van der Waals surface area contributed by atoms with Gasteiger partial charge in [-0.1, -0.05) is 99.8 Å². The summed E-state index contributed by atoms with van der Waals surface area (Å²) in [5.41, 5.74) is 0. The Labute approximate surface area is 155 Å². The van der Waals surface area contributed by atoms with Crippen LogP contribution in [0.1, 0.15) is 126 Å². The second-order valence-electron chi connectivity index (χ2n) is 8.70. The first-order chi connectivity index (χ1) is 11.5. The van der Waals surface area contributed by atoms with Gasteiger partial charge in [-0.25, -0.2) is 0 Å². The Morgan fingerprint density at radius 2 is 0.917 bits per heavy atom. The lowest BCUT2D eigenvalue weighted by Gasteiger charge is -2.29. The van der Waals surface area contributed by atoms with Crippen molar-refractivity contribution in [3.63, 3.8) is 0 Å². The van der Waals surface area contributed by atoms with E-state index in [0.717, 1.165) is 29.6 Å². The maximum absolute atomic E-state index is 2.44. The van der Waals surface area contributed by atoms with Crippen LogP contribution < -0.4 is 0 Å². The first kappa shape index (κ1) is 24.0. The van der Waals surface area contributed by atoms with Crippen molar-refractivity contribution in [1.29, 1.82) is 0 Å². The molecule has 0 spiro atoms. The number of rotatable bonds is 16. The first-order valence-corrected chi connectivity index (χ1v) is 11.5. The first-order valence-electron chi connectivity index (χ1n) is 11.5. The Hall–Kier alpha value is 0. The van der Waals surface area contributed by atoms with E-state index in [1.54, 1.807) is 0 Å². The van der Waals surface area contributed by atoms with Crippen molar-refractivity contribution in [3.05, 3.63) is 0 Å². The summed E-state index contributed by atoms with van der Waals surface area (Å²) >= 11 is 0. The van der Waals surface area contributed by atoms with Crippen molar-refractivity contribution in [3.8, 4) is 0 Å². The topological polar surface area (TPSA) is 0 Å². The standard InChI is InChI=1S/C24H50/c1-8-14-15-21(10-3)17-23(12-5)19-24(13-6)18-22(11-4)16-20(7)9-2/h20-24H,8-19H2,1-7H3. The molecule has 5 atom stereocenters. The Bertz CT molecular complexity index is 257. The predicted octanol–water partition coefficient (Wildman–Crippen LogP) is 8.89. The van der Waals surface area contributed by atoms with Gasteiger partial charge >= 0.3 is 0 Å². The van der Waals surface area contributed by atoms with Crippen molar-refractivity contribution < 1.29 is 0 Å². The minimum absolute atomic E-state index is 0.910. The second kappa shape index (κ2) is 15.3. The van der Waals surface area contributed by atoms with Gasteiger partial charge in [0.05, 0.1) is 0 Å². The summed E-state index contributed by atoms with van der Waals surface area (Å²) in [6, 6.07) is 0. The maximum atomic E-state index is 2.44. The van der Waals surface area contributed by atoms with Gasteiger partial charge in [0, 0.05) is 0 Å². The summed E-state index contributed by atoms with van der Waals surface area (Å²) in [5.74, 6) is 4.79. The highest BCUT2D eigenvalue weighted by Gasteiger charge is 2.21. The summed E-state index contributed by atoms with van der Waals surface area (Å²) in [7, 11) is 0. The number of hydrogen-bond acceptors (Lipinski definition) is 0. The van der Waals surface area contributed by atoms with Crippen LogP contribution in [0.5, 0.6) is 0 Å². The van der Waals surface area contributed by atoms with Gasteiger partial charge in [-0.3, -0.25) is 0 Å². The number of hydrogen-bond donors (Lipinski definition) is 0. The highest BCUT2D eigenvalue weighted by atomic mass is 14.3. The monoisotopic (exact) mass is 338 g/mol. The zero-order valence-electron chi connectivity index (χ0n) is 18.4. The molecule has 0 rings (SSSR count). The fourth-order valence-electron chi connectivity index (χ4n) is 4.42. The molecule has 0 heteroatoms. The van der Waals surface area contributed by atoms with E-state index < -0.39 is 0 Å². The smallest absolute Gasteiger partial charge is 0.0412 e. The van der Waals surface area contributed by atoms with Gasteiger partial charge in [0.15, 0.2) is 0 Å². The van der Waals surface area contributed by atoms with Crippen LogP contribution in [0, 0.1) is 29.6 Å².